The number of halogens is 2. The van der Waals surface area contributed by atoms with Crippen LogP contribution in [-0.2, 0) is 16.5 Å². The summed E-state index contributed by atoms with van der Waals surface area (Å²) in [4.78, 5) is 12.7. The highest BCUT2D eigenvalue weighted by molar-refractivity contribution is 7.86. The molecule has 0 unspecified atom stereocenters. The summed E-state index contributed by atoms with van der Waals surface area (Å²) in [6.07, 6.45) is 0.427. The van der Waals surface area contributed by atoms with Crippen LogP contribution >= 0.6 is 23.2 Å². The van der Waals surface area contributed by atoms with E-state index in [-0.39, 0.29) is 22.0 Å². The van der Waals surface area contributed by atoms with E-state index in [0.717, 1.165) is 0 Å². The van der Waals surface area contributed by atoms with Crippen LogP contribution in [0.5, 0.6) is 11.5 Å². The van der Waals surface area contributed by atoms with Gasteiger partial charge >= 0.3 is 0 Å². The number of amides is 1. The molecule has 9 nitrogen and oxygen atoms in total. The molecule has 0 aliphatic rings. The number of hydrogen-bond donors (Lipinski definition) is 3. The van der Waals surface area contributed by atoms with E-state index in [9.17, 15) is 22.9 Å². The number of carbonyl (C=O) groups excluding carboxylic acids is 1. The Hall–Kier alpha value is -3.70. The molecule has 1 amide bonds. The molecule has 0 aliphatic heterocycles. The molecule has 0 atom stereocenters. The van der Waals surface area contributed by atoms with Gasteiger partial charge in [-0.25, -0.2) is 0 Å². The molecular formula is C26H21Cl2N3O6S. The number of azo groups is 1. The Balaban J connectivity index is 1.85. The fourth-order valence-electron chi connectivity index (χ4n) is 3.84. The second-order valence-corrected chi connectivity index (χ2v) is 10.3. The first kappa shape index (κ1) is 27.3. The molecule has 0 heterocycles. The summed E-state index contributed by atoms with van der Waals surface area (Å²) in [5.41, 5.74) is 0.709. The van der Waals surface area contributed by atoms with Crippen molar-refractivity contribution in [3.8, 4) is 11.5 Å². The second kappa shape index (κ2) is 11.0. The van der Waals surface area contributed by atoms with E-state index in [1.54, 1.807) is 43.3 Å². The summed E-state index contributed by atoms with van der Waals surface area (Å²) in [6, 6.07) is 15.7. The molecule has 38 heavy (non-hydrogen) atoms. The highest BCUT2D eigenvalue weighted by atomic mass is 35.5. The lowest BCUT2D eigenvalue weighted by Gasteiger charge is -2.13. The Bertz CT molecular complexity index is 1710. The van der Waals surface area contributed by atoms with E-state index in [2.05, 4.69) is 15.5 Å². The van der Waals surface area contributed by atoms with Crippen molar-refractivity contribution in [2.24, 2.45) is 10.2 Å². The molecule has 0 aliphatic carbocycles. The normalized spacial score (nSPS) is 11.7. The predicted molar refractivity (Wildman–Crippen MR) is 146 cm³/mol. The van der Waals surface area contributed by atoms with Gasteiger partial charge in [0.05, 0.1) is 23.4 Å². The summed E-state index contributed by atoms with van der Waals surface area (Å²) < 4.78 is 38.3. The van der Waals surface area contributed by atoms with E-state index in [1.807, 2.05) is 0 Å². The first-order valence-corrected chi connectivity index (χ1v) is 13.3. The van der Waals surface area contributed by atoms with E-state index >= 15 is 0 Å². The fourth-order valence-corrected chi connectivity index (χ4v) is 5.09. The predicted octanol–water partition coefficient (Wildman–Crippen LogP) is 7.34. The number of nitrogens with one attached hydrogen (secondary N) is 1. The third-order valence-electron chi connectivity index (χ3n) is 5.72. The summed E-state index contributed by atoms with van der Waals surface area (Å²) >= 11 is 12.3. The largest absolute Gasteiger partial charge is 0.505 e. The minimum absolute atomic E-state index is 0.00583. The van der Waals surface area contributed by atoms with Crippen molar-refractivity contribution >= 4 is 67.1 Å². The number of nitrogens with zero attached hydrogens (tertiary/aromatic N) is 2. The average Bonchev–Trinajstić information content (AvgIpc) is 2.87. The molecule has 0 saturated heterocycles. The number of rotatable bonds is 7. The van der Waals surface area contributed by atoms with Crippen LogP contribution in [0.1, 0.15) is 22.8 Å². The molecule has 0 saturated carbocycles. The van der Waals surface area contributed by atoms with E-state index in [1.165, 1.54) is 31.4 Å². The highest BCUT2D eigenvalue weighted by Crippen LogP contribution is 2.42. The number of hydrogen-bond acceptors (Lipinski definition) is 7. The van der Waals surface area contributed by atoms with Gasteiger partial charge in [-0.1, -0.05) is 60.5 Å². The van der Waals surface area contributed by atoms with Gasteiger partial charge in [-0.15, -0.1) is 10.2 Å². The van der Waals surface area contributed by atoms with E-state index in [4.69, 9.17) is 27.9 Å². The number of benzene rings is 4. The van der Waals surface area contributed by atoms with Crippen molar-refractivity contribution in [2.45, 2.75) is 18.2 Å². The van der Waals surface area contributed by atoms with Crippen molar-refractivity contribution in [3.05, 3.63) is 81.8 Å². The van der Waals surface area contributed by atoms with Gasteiger partial charge < -0.3 is 15.2 Å². The Labute approximate surface area is 228 Å². The quantitative estimate of drug-likeness (QED) is 0.156. The number of aromatic hydroxyl groups is 1. The van der Waals surface area contributed by atoms with Gasteiger partial charge in [-0.05, 0) is 47.7 Å². The zero-order chi connectivity index (χ0) is 27.6. The van der Waals surface area contributed by atoms with Crippen molar-refractivity contribution in [2.75, 3.05) is 12.4 Å². The van der Waals surface area contributed by atoms with Gasteiger partial charge in [0.2, 0.25) is 0 Å². The number of ether oxygens (including phenoxy) is 1. The van der Waals surface area contributed by atoms with Crippen LogP contribution in [-0.4, -0.2) is 31.1 Å². The zero-order valence-electron chi connectivity index (χ0n) is 20.1. The molecule has 4 aromatic rings. The topological polar surface area (TPSA) is 138 Å². The highest BCUT2D eigenvalue weighted by Gasteiger charge is 2.22. The van der Waals surface area contributed by atoms with Crippen LogP contribution in [0.15, 0.2) is 75.8 Å². The second-order valence-electron chi connectivity index (χ2n) is 8.06. The van der Waals surface area contributed by atoms with Crippen molar-refractivity contribution < 1.29 is 27.6 Å². The lowest BCUT2D eigenvalue weighted by Crippen LogP contribution is -2.13. The van der Waals surface area contributed by atoms with Crippen LogP contribution in [0, 0.1) is 0 Å². The fraction of sp³-hybridized carbons (Fsp3) is 0.115. The monoisotopic (exact) mass is 573 g/mol. The van der Waals surface area contributed by atoms with Crippen LogP contribution in [0.25, 0.3) is 10.8 Å². The molecule has 3 N–H and O–H groups in total. The maximum Gasteiger partial charge on any atom is 0.296 e. The summed E-state index contributed by atoms with van der Waals surface area (Å²) in [5, 5.41) is 23.2. The molecule has 0 spiro atoms. The lowest BCUT2D eigenvalue weighted by molar-refractivity contribution is 0.102. The van der Waals surface area contributed by atoms with Crippen molar-refractivity contribution in [1.82, 2.24) is 0 Å². The SMILES string of the molecule is CCc1ccc(S(=O)(=O)O)c(Cl)c1N=Nc1c(O)c(C(=O)Nc2cc(Cl)ccc2OC)cc2ccccc12. The third-order valence-corrected chi connectivity index (χ3v) is 7.35. The van der Waals surface area contributed by atoms with Gasteiger partial charge in [0.15, 0.2) is 5.75 Å². The van der Waals surface area contributed by atoms with Crippen LogP contribution < -0.4 is 10.1 Å². The number of methoxy groups -OCH3 is 1. The molecule has 4 aromatic carbocycles. The maximum atomic E-state index is 13.2. The molecular weight excluding hydrogens is 553 g/mol. The van der Waals surface area contributed by atoms with Crippen molar-refractivity contribution in [1.29, 1.82) is 0 Å². The Morgan fingerprint density at radius 3 is 2.42 bits per heavy atom. The van der Waals surface area contributed by atoms with Gasteiger partial charge in [-0.2, -0.15) is 8.42 Å². The van der Waals surface area contributed by atoms with Gasteiger partial charge in [0.1, 0.15) is 22.0 Å². The lowest BCUT2D eigenvalue weighted by atomic mass is 10.0. The van der Waals surface area contributed by atoms with Crippen LogP contribution in [0.3, 0.4) is 0 Å². The molecule has 0 radical (unpaired) electrons. The first-order valence-electron chi connectivity index (χ1n) is 11.1. The average molecular weight is 574 g/mol. The first-order chi connectivity index (χ1) is 18.0. The maximum absolute atomic E-state index is 13.2. The standard InChI is InChI=1S/C26H21Cl2N3O6S/c1-3-14-8-11-21(38(34,35)36)22(28)23(14)30-31-24-17-7-5-4-6-15(17)12-18(25(24)32)26(33)29-19-13-16(27)9-10-20(19)37-2/h4-13,32H,3H2,1-2H3,(H,29,33)(H,34,35,36). The van der Waals surface area contributed by atoms with Gasteiger partial charge in [0.25, 0.3) is 16.0 Å². The number of aryl methyl sites for hydroxylation is 1. The molecule has 12 heteroatoms. The van der Waals surface area contributed by atoms with Crippen LogP contribution in [0.2, 0.25) is 10.0 Å². The Kier molecular flexibility index (Phi) is 7.89. The van der Waals surface area contributed by atoms with Gasteiger partial charge in [0, 0.05) is 10.4 Å². The minimum Gasteiger partial charge on any atom is -0.505 e. The summed E-state index contributed by atoms with van der Waals surface area (Å²) in [6.45, 7) is 1.81. The molecule has 4 rings (SSSR count). The third kappa shape index (κ3) is 5.44. The van der Waals surface area contributed by atoms with Crippen molar-refractivity contribution in [3.63, 3.8) is 0 Å². The number of phenols is 1. The summed E-state index contributed by atoms with van der Waals surface area (Å²) in [5.74, 6) is -0.764. The molecule has 0 aromatic heterocycles. The number of anilines is 1. The Morgan fingerprint density at radius 2 is 1.74 bits per heavy atom. The van der Waals surface area contributed by atoms with Gasteiger partial charge in [-0.3, -0.25) is 9.35 Å². The Morgan fingerprint density at radius 1 is 1.03 bits per heavy atom. The van der Waals surface area contributed by atoms with E-state index < -0.39 is 26.7 Å². The number of phenolic OH excluding ortho intramolecular Hbond substituents is 1. The zero-order valence-corrected chi connectivity index (χ0v) is 22.4. The minimum atomic E-state index is -4.62. The van der Waals surface area contributed by atoms with E-state index in [0.29, 0.717) is 39.2 Å². The smallest absolute Gasteiger partial charge is 0.296 e. The summed E-state index contributed by atoms with van der Waals surface area (Å²) in [7, 11) is -3.18. The van der Waals surface area contributed by atoms with Crippen LogP contribution in [0.4, 0.5) is 17.1 Å². The number of carbonyl (C=O) groups is 1. The number of fused-ring (bicyclic) bond motifs is 1. The molecule has 196 valence electrons. The molecule has 0 fully saturated rings. The molecule has 0 bridgehead atoms.